The van der Waals surface area contributed by atoms with Crippen molar-refractivity contribution in [2.24, 2.45) is 4.99 Å². The Morgan fingerprint density at radius 2 is 1.74 bits per heavy atom. The maximum absolute atomic E-state index is 13.2. The van der Waals surface area contributed by atoms with E-state index in [9.17, 15) is 4.39 Å². The van der Waals surface area contributed by atoms with Crippen LogP contribution in [0.15, 0.2) is 72.0 Å². The second-order valence-electron chi connectivity index (χ2n) is 6.18. The molecule has 2 aromatic carbocycles. The quantitative estimate of drug-likeness (QED) is 0.500. The van der Waals surface area contributed by atoms with E-state index in [0.717, 1.165) is 42.2 Å². The van der Waals surface area contributed by atoms with Crippen molar-refractivity contribution in [1.29, 1.82) is 0 Å². The molecule has 3 rings (SSSR count). The van der Waals surface area contributed by atoms with Crippen LogP contribution in [0.4, 0.5) is 4.39 Å². The van der Waals surface area contributed by atoms with Crippen molar-refractivity contribution < 1.29 is 4.39 Å². The zero-order chi connectivity index (χ0) is 18.9. The van der Waals surface area contributed by atoms with Gasteiger partial charge in [0.25, 0.3) is 0 Å². The zero-order valence-corrected chi connectivity index (χ0v) is 15.4. The summed E-state index contributed by atoms with van der Waals surface area (Å²) in [6, 6.07) is 16.7. The average Bonchev–Trinajstić information content (AvgIpc) is 3.16. The molecule has 0 radical (unpaired) electrons. The normalized spacial score (nSPS) is 11.4. The van der Waals surface area contributed by atoms with Crippen LogP contribution in [0.3, 0.4) is 0 Å². The molecule has 0 aliphatic rings. The Bertz CT molecular complexity index is 873. The minimum Gasteiger partial charge on any atom is -0.356 e. The summed E-state index contributed by atoms with van der Waals surface area (Å²) >= 11 is 0. The van der Waals surface area contributed by atoms with Gasteiger partial charge in [-0.2, -0.15) is 5.10 Å². The summed E-state index contributed by atoms with van der Waals surface area (Å²) in [5.41, 5.74) is 3.17. The summed E-state index contributed by atoms with van der Waals surface area (Å²) in [4.78, 5) is 4.22. The largest absolute Gasteiger partial charge is 0.356 e. The van der Waals surface area contributed by atoms with Gasteiger partial charge in [-0.05, 0) is 48.2 Å². The lowest BCUT2D eigenvalue weighted by Crippen LogP contribution is -2.39. The third-order valence-corrected chi connectivity index (χ3v) is 4.18. The molecule has 3 aromatic rings. The number of aromatic nitrogens is 2. The van der Waals surface area contributed by atoms with Crippen LogP contribution < -0.4 is 10.6 Å². The minimum atomic E-state index is -0.203. The van der Waals surface area contributed by atoms with Crippen molar-refractivity contribution in [3.05, 3.63) is 83.9 Å². The number of hydrogen-bond acceptors (Lipinski definition) is 2. The van der Waals surface area contributed by atoms with E-state index in [4.69, 9.17) is 0 Å². The van der Waals surface area contributed by atoms with Gasteiger partial charge in [-0.25, -0.2) is 9.07 Å². The van der Waals surface area contributed by atoms with E-state index >= 15 is 0 Å². The first-order valence-corrected chi connectivity index (χ1v) is 9.02. The van der Waals surface area contributed by atoms with Gasteiger partial charge in [0, 0.05) is 26.3 Å². The number of rotatable bonds is 7. The highest BCUT2D eigenvalue weighted by Crippen LogP contribution is 2.07. The Balaban J connectivity index is 1.41. The van der Waals surface area contributed by atoms with Gasteiger partial charge in [-0.15, -0.1) is 0 Å². The standard InChI is InChI=1S/C21H24FN5/c1-23-21(24-12-10-17-6-5-7-19(22)14-17)25-13-11-18-15-26-27(16-18)20-8-3-2-4-9-20/h2-9,14-16H,10-13H2,1H3,(H2,23,24,25). The summed E-state index contributed by atoms with van der Waals surface area (Å²) in [5.74, 6) is 0.535. The first-order valence-electron chi connectivity index (χ1n) is 9.02. The predicted octanol–water partition coefficient (Wildman–Crippen LogP) is 2.96. The van der Waals surface area contributed by atoms with Crippen molar-refractivity contribution in [1.82, 2.24) is 20.4 Å². The van der Waals surface area contributed by atoms with E-state index in [2.05, 4.69) is 20.7 Å². The lowest BCUT2D eigenvalue weighted by molar-refractivity contribution is 0.625. The fourth-order valence-electron chi connectivity index (χ4n) is 2.77. The van der Waals surface area contributed by atoms with Gasteiger partial charge in [-0.1, -0.05) is 30.3 Å². The third kappa shape index (κ3) is 5.67. The summed E-state index contributed by atoms with van der Waals surface area (Å²) < 4.78 is 15.1. The second-order valence-corrected chi connectivity index (χ2v) is 6.18. The summed E-state index contributed by atoms with van der Waals surface area (Å²) in [5, 5.41) is 10.9. The number of hydrogen-bond donors (Lipinski definition) is 2. The minimum absolute atomic E-state index is 0.203. The van der Waals surface area contributed by atoms with Gasteiger partial charge < -0.3 is 10.6 Å². The molecule has 0 fully saturated rings. The van der Waals surface area contributed by atoms with Crippen LogP contribution in [0.1, 0.15) is 11.1 Å². The Labute approximate surface area is 159 Å². The van der Waals surface area contributed by atoms with Crippen LogP contribution in [0, 0.1) is 5.82 Å². The molecule has 0 atom stereocenters. The van der Waals surface area contributed by atoms with Crippen molar-refractivity contribution in [2.75, 3.05) is 20.1 Å². The van der Waals surface area contributed by atoms with Gasteiger partial charge in [0.05, 0.1) is 11.9 Å². The van der Waals surface area contributed by atoms with E-state index in [-0.39, 0.29) is 5.82 Å². The highest BCUT2D eigenvalue weighted by atomic mass is 19.1. The number of nitrogens with one attached hydrogen (secondary N) is 2. The highest BCUT2D eigenvalue weighted by molar-refractivity contribution is 5.79. The molecule has 0 spiro atoms. The first kappa shape index (κ1) is 18.6. The monoisotopic (exact) mass is 365 g/mol. The molecule has 140 valence electrons. The number of para-hydroxylation sites is 1. The molecule has 0 unspecified atom stereocenters. The van der Waals surface area contributed by atoms with Crippen molar-refractivity contribution in [2.45, 2.75) is 12.8 Å². The molecule has 0 bridgehead atoms. The van der Waals surface area contributed by atoms with Crippen LogP contribution in [0.25, 0.3) is 5.69 Å². The number of nitrogens with zero attached hydrogens (tertiary/aromatic N) is 3. The highest BCUT2D eigenvalue weighted by Gasteiger charge is 2.02. The number of halogens is 1. The van der Waals surface area contributed by atoms with Crippen molar-refractivity contribution in [3.8, 4) is 5.69 Å². The third-order valence-electron chi connectivity index (χ3n) is 4.18. The first-order chi connectivity index (χ1) is 13.2. The number of aliphatic imine (C=N–C) groups is 1. The maximum atomic E-state index is 13.2. The van der Waals surface area contributed by atoms with E-state index < -0.39 is 0 Å². The van der Waals surface area contributed by atoms with Gasteiger partial charge in [0.1, 0.15) is 5.82 Å². The van der Waals surface area contributed by atoms with Crippen LogP contribution in [0.5, 0.6) is 0 Å². The molecular formula is C21H24FN5. The molecule has 0 saturated heterocycles. The fourth-order valence-corrected chi connectivity index (χ4v) is 2.77. The molecule has 5 nitrogen and oxygen atoms in total. The van der Waals surface area contributed by atoms with Crippen LogP contribution >= 0.6 is 0 Å². The number of benzene rings is 2. The molecular weight excluding hydrogens is 341 g/mol. The summed E-state index contributed by atoms with van der Waals surface area (Å²) in [6.07, 6.45) is 5.51. The molecule has 2 N–H and O–H groups in total. The van der Waals surface area contributed by atoms with Gasteiger partial charge in [0.15, 0.2) is 5.96 Å². The summed E-state index contributed by atoms with van der Waals surface area (Å²) in [7, 11) is 1.74. The van der Waals surface area contributed by atoms with Crippen LogP contribution in [-0.4, -0.2) is 35.9 Å². The lowest BCUT2D eigenvalue weighted by Gasteiger charge is -2.11. The average molecular weight is 365 g/mol. The molecule has 0 aliphatic heterocycles. The van der Waals surface area contributed by atoms with Gasteiger partial charge >= 0.3 is 0 Å². The lowest BCUT2D eigenvalue weighted by atomic mass is 10.1. The molecule has 1 aromatic heterocycles. The van der Waals surface area contributed by atoms with Crippen molar-refractivity contribution >= 4 is 5.96 Å². The molecule has 0 amide bonds. The zero-order valence-electron chi connectivity index (χ0n) is 15.4. The maximum Gasteiger partial charge on any atom is 0.190 e. The second kappa shape index (κ2) is 9.52. The van der Waals surface area contributed by atoms with E-state index in [1.807, 2.05) is 53.5 Å². The predicted molar refractivity (Wildman–Crippen MR) is 107 cm³/mol. The SMILES string of the molecule is CN=C(NCCc1cccc(F)c1)NCCc1cnn(-c2ccccc2)c1. The summed E-state index contributed by atoms with van der Waals surface area (Å²) in [6.45, 7) is 1.44. The fraction of sp³-hybridized carbons (Fsp3) is 0.238. The Hall–Kier alpha value is -3.15. The molecule has 0 saturated carbocycles. The van der Waals surface area contributed by atoms with E-state index in [1.165, 1.54) is 6.07 Å². The van der Waals surface area contributed by atoms with Gasteiger partial charge in [0.2, 0.25) is 0 Å². The molecule has 1 heterocycles. The van der Waals surface area contributed by atoms with Crippen molar-refractivity contribution in [3.63, 3.8) is 0 Å². The molecule has 27 heavy (non-hydrogen) atoms. The van der Waals surface area contributed by atoms with Crippen LogP contribution in [-0.2, 0) is 12.8 Å². The number of guanidine groups is 1. The Morgan fingerprint density at radius 3 is 2.44 bits per heavy atom. The van der Waals surface area contributed by atoms with Crippen LogP contribution in [0.2, 0.25) is 0 Å². The van der Waals surface area contributed by atoms with E-state index in [1.54, 1.807) is 19.2 Å². The molecule has 6 heteroatoms. The Morgan fingerprint density at radius 1 is 1.00 bits per heavy atom. The Kier molecular flexibility index (Phi) is 6.57. The topological polar surface area (TPSA) is 54.2 Å². The van der Waals surface area contributed by atoms with E-state index in [0.29, 0.717) is 6.54 Å². The smallest absolute Gasteiger partial charge is 0.190 e. The van der Waals surface area contributed by atoms with Gasteiger partial charge in [-0.3, -0.25) is 4.99 Å². The molecule has 0 aliphatic carbocycles.